The van der Waals surface area contributed by atoms with Crippen LogP contribution in [0.3, 0.4) is 0 Å². The third-order valence-corrected chi connectivity index (χ3v) is 7.80. The first-order valence-electron chi connectivity index (χ1n) is 12.9. The second-order valence-electron chi connectivity index (χ2n) is 9.86. The van der Waals surface area contributed by atoms with Crippen molar-refractivity contribution in [1.82, 2.24) is 14.5 Å². The number of imidazole rings is 1. The molecular formula is C30H34N4. The SMILES string of the molecule is c1ccc(C(c2ccccc2)n2cnc3ccc(N4CCC(N5CCCCC5)CC4)cc32)cc1. The first-order valence-corrected chi connectivity index (χ1v) is 12.9. The number of fused-ring (bicyclic) bond motifs is 1. The molecule has 4 aromatic rings. The van der Waals surface area contributed by atoms with E-state index < -0.39 is 0 Å². The molecule has 2 saturated heterocycles. The molecule has 0 saturated carbocycles. The van der Waals surface area contributed by atoms with Crippen molar-refractivity contribution in [2.45, 2.75) is 44.2 Å². The van der Waals surface area contributed by atoms with Gasteiger partial charge in [-0.15, -0.1) is 0 Å². The van der Waals surface area contributed by atoms with Crippen molar-refractivity contribution in [3.8, 4) is 0 Å². The summed E-state index contributed by atoms with van der Waals surface area (Å²) in [6, 6.07) is 29.3. The molecule has 2 aliphatic heterocycles. The van der Waals surface area contributed by atoms with Crippen LogP contribution in [0.5, 0.6) is 0 Å². The average Bonchev–Trinajstić information content (AvgIpc) is 3.34. The zero-order valence-electron chi connectivity index (χ0n) is 19.9. The summed E-state index contributed by atoms with van der Waals surface area (Å²) in [5, 5.41) is 0. The van der Waals surface area contributed by atoms with E-state index in [1.54, 1.807) is 0 Å². The molecule has 0 unspecified atom stereocenters. The van der Waals surface area contributed by atoms with E-state index in [2.05, 4.69) is 93.2 Å². The quantitative estimate of drug-likeness (QED) is 0.366. The standard InChI is InChI=1S/C30H34N4/c1-4-10-24(11-5-1)30(25-12-6-2-7-13-25)34-23-31-28-15-14-27(22-29(28)34)33-20-16-26(17-21-33)32-18-8-3-9-19-32/h1-2,4-7,10-15,22-23,26,30H,3,8-9,16-21H2. The monoisotopic (exact) mass is 450 g/mol. The predicted molar refractivity (Wildman–Crippen MR) is 141 cm³/mol. The third-order valence-electron chi connectivity index (χ3n) is 7.80. The molecule has 0 atom stereocenters. The molecule has 4 nitrogen and oxygen atoms in total. The van der Waals surface area contributed by atoms with Gasteiger partial charge in [-0.05, 0) is 68.1 Å². The number of rotatable bonds is 5. The molecule has 0 aliphatic carbocycles. The highest BCUT2D eigenvalue weighted by Crippen LogP contribution is 2.32. The Balaban J connectivity index is 1.30. The maximum absolute atomic E-state index is 4.79. The molecule has 174 valence electrons. The molecule has 0 radical (unpaired) electrons. The summed E-state index contributed by atoms with van der Waals surface area (Å²) in [5.74, 6) is 0. The lowest BCUT2D eigenvalue weighted by molar-refractivity contribution is 0.141. The van der Waals surface area contributed by atoms with Crippen LogP contribution in [0.2, 0.25) is 0 Å². The fourth-order valence-electron chi connectivity index (χ4n) is 5.97. The number of benzene rings is 3. The Morgan fingerprint density at radius 3 is 2.00 bits per heavy atom. The second kappa shape index (κ2) is 9.63. The molecule has 4 heteroatoms. The Morgan fingerprint density at radius 2 is 1.35 bits per heavy atom. The topological polar surface area (TPSA) is 24.3 Å². The fraction of sp³-hybridized carbons (Fsp3) is 0.367. The summed E-state index contributed by atoms with van der Waals surface area (Å²) in [7, 11) is 0. The summed E-state index contributed by atoms with van der Waals surface area (Å²) in [5.41, 5.74) is 6.14. The average molecular weight is 451 g/mol. The highest BCUT2D eigenvalue weighted by atomic mass is 15.2. The first kappa shape index (κ1) is 21.4. The van der Waals surface area contributed by atoms with Crippen molar-refractivity contribution in [3.05, 3.63) is 96.3 Å². The molecule has 0 bridgehead atoms. The van der Waals surface area contributed by atoms with Crippen LogP contribution in [-0.4, -0.2) is 46.7 Å². The van der Waals surface area contributed by atoms with Gasteiger partial charge in [0, 0.05) is 24.8 Å². The normalized spacial score (nSPS) is 18.1. The van der Waals surface area contributed by atoms with Crippen LogP contribution in [0.4, 0.5) is 5.69 Å². The lowest BCUT2D eigenvalue weighted by atomic mass is 9.98. The van der Waals surface area contributed by atoms with Gasteiger partial charge in [-0.25, -0.2) is 4.98 Å². The Morgan fingerprint density at radius 1 is 0.706 bits per heavy atom. The Kier molecular flexibility index (Phi) is 6.07. The number of anilines is 1. The van der Waals surface area contributed by atoms with Crippen LogP contribution in [-0.2, 0) is 0 Å². The zero-order valence-corrected chi connectivity index (χ0v) is 19.9. The van der Waals surface area contributed by atoms with Crippen LogP contribution in [0.1, 0.15) is 49.3 Å². The van der Waals surface area contributed by atoms with E-state index in [-0.39, 0.29) is 6.04 Å². The van der Waals surface area contributed by atoms with E-state index in [4.69, 9.17) is 4.98 Å². The van der Waals surface area contributed by atoms with Crippen molar-refractivity contribution in [2.24, 2.45) is 0 Å². The van der Waals surface area contributed by atoms with Crippen molar-refractivity contribution >= 4 is 16.7 Å². The van der Waals surface area contributed by atoms with Gasteiger partial charge in [-0.2, -0.15) is 0 Å². The van der Waals surface area contributed by atoms with Gasteiger partial charge in [0.1, 0.15) is 0 Å². The van der Waals surface area contributed by atoms with Gasteiger partial charge in [0.15, 0.2) is 0 Å². The molecule has 1 aromatic heterocycles. The lowest BCUT2D eigenvalue weighted by Gasteiger charge is -2.41. The van der Waals surface area contributed by atoms with Gasteiger partial charge in [-0.1, -0.05) is 67.1 Å². The van der Waals surface area contributed by atoms with E-state index in [0.29, 0.717) is 0 Å². The van der Waals surface area contributed by atoms with Crippen molar-refractivity contribution < 1.29 is 0 Å². The molecular weight excluding hydrogens is 416 g/mol. The van der Waals surface area contributed by atoms with Gasteiger partial charge in [0.2, 0.25) is 0 Å². The highest BCUT2D eigenvalue weighted by Gasteiger charge is 2.26. The number of hydrogen-bond donors (Lipinski definition) is 0. The fourth-order valence-corrected chi connectivity index (χ4v) is 5.97. The Labute approximate surface area is 202 Å². The summed E-state index contributed by atoms with van der Waals surface area (Å²) >= 11 is 0. The maximum atomic E-state index is 4.79. The summed E-state index contributed by atoms with van der Waals surface area (Å²) in [4.78, 5) is 10.1. The van der Waals surface area contributed by atoms with Crippen LogP contribution in [0.25, 0.3) is 11.0 Å². The molecule has 6 rings (SSSR count). The van der Waals surface area contributed by atoms with E-state index in [1.165, 1.54) is 67.5 Å². The second-order valence-corrected chi connectivity index (χ2v) is 9.86. The van der Waals surface area contributed by atoms with Crippen molar-refractivity contribution in [2.75, 3.05) is 31.1 Å². The molecule has 3 heterocycles. The number of nitrogens with zero attached hydrogens (tertiary/aromatic N) is 4. The molecule has 0 amide bonds. The zero-order chi connectivity index (χ0) is 22.7. The summed E-state index contributed by atoms with van der Waals surface area (Å²) < 4.78 is 2.35. The number of piperidine rings is 2. The van der Waals surface area contributed by atoms with Gasteiger partial charge < -0.3 is 14.4 Å². The van der Waals surface area contributed by atoms with Crippen LogP contribution in [0, 0.1) is 0 Å². The van der Waals surface area contributed by atoms with Crippen molar-refractivity contribution in [1.29, 1.82) is 0 Å². The summed E-state index contributed by atoms with van der Waals surface area (Å²) in [6.07, 6.45) is 8.73. The van der Waals surface area contributed by atoms with E-state index >= 15 is 0 Å². The Bertz CT molecular complexity index is 1160. The molecule has 0 spiro atoms. The molecule has 2 aliphatic rings. The van der Waals surface area contributed by atoms with Crippen LogP contribution in [0.15, 0.2) is 85.2 Å². The molecule has 3 aromatic carbocycles. The minimum absolute atomic E-state index is 0.104. The molecule has 2 fully saturated rings. The van der Waals surface area contributed by atoms with E-state index in [0.717, 1.165) is 24.6 Å². The largest absolute Gasteiger partial charge is 0.371 e. The first-order chi connectivity index (χ1) is 16.9. The maximum Gasteiger partial charge on any atom is 0.0966 e. The number of likely N-dealkylation sites (tertiary alicyclic amines) is 1. The van der Waals surface area contributed by atoms with E-state index in [9.17, 15) is 0 Å². The van der Waals surface area contributed by atoms with E-state index in [1.807, 2.05) is 6.33 Å². The number of aromatic nitrogens is 2. The van der Waals surface area contributed by atoms with Gasteiger partial charge in [0.25, 0.3) is 0 Å². The highest BCUT2D eigenvalue weighted by molar-refractivity contribution is 5.80. The van der Waals surface area contributed by atoms with Crippen LogP contribution < -0.4 is 4.90 Å². The van der Waals surface area contributed by atoms with Gasteiger partial charge >= 0.3 is 0 Å². The van der Waals surface area contributed by atoms with Crippen molar-refractivity contribution in [3.63, 3.8) is 0 Å². The Hall–Kier alpha value is -3.11. The molecule has 0 N–H and O–H groups in total. The number of hydrogen-bond acceptors (Lipinski definition) is 3. The minimum Gasteiger partial charge on any atom is -0.371 e. The predicted octanol–water partition coefficient (Wildman–Crippen LogP) is 6.13. The third kappa shape index (κ3) is 4.23. The summed E-state index contributed by atoms with van der Waals surface area (Å²) in [6.45, 7) is 4.88. The molecule has 34 heavy (non-hydrogen) atoms. The lowest BCUT2D eigenvalue weighted by Crippen LogP contribution is -2.46. The van der Waals surface area contributed by atoms with Gasteiger partial charge in [-0.3, -0.25) is 0 Å². The van der Waals surface area contributed by atoms with Crippen LogP contribution >= 0.6 is 0 Å². The van der Waals surface area contributed by atoms with Gasteiger partial charge in [0.05, 0.1) is 23.4 Å². The smallest absolute Gasteiger partial charge is 0.0966 e. The minimum atomic E-state index is 0.104.